The van der Waals surface area contributed by atoms with Crippen molar-refractivity contribution in [3.05, 3.63) is 0 Å². The first-order valence-corrected chi connectivity index (χ1v) is 5.15. The largest absolute Gasteiger partial charge is 0.392 e. The molecule has 0 aliphatic carbocycles. The Balaban J connectivity index is 3.79. The van der Waals surface area contributed by atoms with E-state index in [1.807, 2.05) is 0 Å². The van der Waals surface area contributed by atoms with Gasteiger partial charge in [-0.15, -0.1) is 23.2 Å². The quantitative estimate of drug-likeness (QED) is 0.408. The van der Waals surface area contributed by atoms with Crippen molar-refractivity contribution in [2.24, 2.45) is 0 Å². The molecule has 8 heteroatoms. The second-order valence-electron chi connectivity index (χ2n) is 2.46. The van der Waals surface area contributed by atoms with Crippen LogP contribution in [0.4, 0.5) is 0 Å². The lowest BCUT2D eigenvalue weighted by molar-refractivity contribution is -0.163. The van der Waals surface area contributed by atoms with Crippen molar-refractivity contribution < 1.29 is 28.7 Å². The van der Waals surface area contributed by atoms with Gasteiger partial charge in [-0.2, -0.15) is 0 Å². The van der Waals surface area contributed by atoms with Crippen LogP contribution in [0.15, 0.2) is 0 Å². The standard InChI is InChI=1S/C8H8Cl2O6/c9-3-7(13)15-5(11)1-2-6(12)16-8(14)4-10/h1-4H2. The second kappa shape index (κ2) is 8.06. The fourth-order valence-electron chi connectivity index (χ4n) is 0.615. The van der Waals surface area contributed by atoms with E-state index < -0.39 is 35.6 Å². The lowest BCUT2D eigenvalue weighted by Crippen LogP contribution is -2.17. The molecule has 0 aromatic heterocycles. The molecule has 0 saturated carbocycles. The molecule has 0 aliphatic heterocycles. The van der Waals surface area contributed by atoms with Gasteiger partial charge < -0.3 is 9.47 Å². The zero-order valence-electron chi connectivity index (χ0n) is 8.03. The highest BCUT2D eigenvalue weighted by Crippen LogP contribution is 1.98. The van der Waals surface area contributed by atoms with Crippen LogP contribution >= 0.6 is 23.2 Å². The van der Waals surface area contributed by atoms with E-state index in [4.69, 9.17) is 23.2 Å². The summed E-state index contributed by atoms with van der Waals surface area (Å²) in [5, 5.41) is 0. The predicted octanol–water partition coefficient (Wildman–Crippen LogP) is 0.384. The van der Waals surface area contributed by atoms with E-state index in [2.05, 4.69) is 9.47 Å². The molecule has 90 valence electrons. The Morgan fingerprint density at radius 1 is 0.688 bits per heavy atom. The molecule has 0 saturated heterocycles. The summed E-state index contributed by atoms with van der Waals surface area (Å²) in [5.41, 5.74) is 0. The Labute approximate surface area is 101 Å². The zero-order valence-corrected chi connectivity index (χ0v) is 9.55. The Morgan fingerprint density at radius 2 is 1.00 bits per heavy atom. The van der Waals surface area contributed by atoms with Crippen LogP contribution in [-0.2, 0) is 28.7 Å². The van der Waals surface area contributed by atoms with Gasteiger partial charge in [0.1, 0.15) is 11.8 Å². The van der Waals surface area contributed by atoms with E-state index in [9.17, 15) is 19.2 Å². The van der Waals surface area contributed by atoms with Gasteiger partial charge in [-0.05, 0) is 0 Å². The molecule has 0 aromatic carbocycles. The molecule has 0 aliphatic rings. The SMILES string of the molecule is O=C(CCl)OC(=O)CCC(=O)OC(=O)CCl. The maximum Gasteiger partial charge on any atom is 0.328 e. The molecule has 0 aromatic rings. The first kappa shape index (κ1) is 14.9. The van der Waals surface area contributed by atoms with Crippen LogP contribution in [0.25, 0.3) is 0 Å². The molecule has 6 nitrogen and oxygen atoms in total. The lowest BCUT2D eigenvalue weighted by atomic mass is 10.3. The highest BCUT2D eigenvalue weighted by molar-refractivity contribution is 6.27. The van der Waals surface area contributed by atoms with E-state index >= 15 is 0 Å². The Hall–Kier alpha value is -1.14. The first-order valence-electron chi connectivity index (χ1n) is 4.08. The lowest BCUT2D eigenvalue weighted by Gasteiger charge is -2.01. The van der Waals surface area contributed by atoms with Crippen molar-refractivity contribution in [1.82, 2.24) is 0 Å². The molecule has 0 spiro atoms. The number of esters is 4. The molecule has 0 bridgehead atoms. The van der Waals surface area contributed by atoms with Gasteiger partial charge in [0.05, 0.1) is 12.8 Å². The van der Waals surface area contributed by atoms with Gasteiger partial charge >= 0.3 is 23.9 Å². The average Bonchev–Trinajstić information content (AvgIpc) is 2.26. The molecular weight excluding hydrogens is 263 g/mol. The summed E-state index contributed by atoms with van der Waals surface area (Å²) in [6.45, 7) is 0. The van der Waals surface area contributed by atoms with E-state index in [-0.39, 0.29) is 12.8 Å². The number of carbonyl (C=O) groups excluding carboxylic acids is 4. The highest BCUT2D eigenvalue weighted by Gasteiger charge is 2.14. The van der Waals surface area contributed by atoms with Crippen molar-refractivity contribution in [1.29, 1.82) is 0 Å². The Kier molecular flexibility index (Phi) is 7.49. The molecule has 0 radical (unpaired) electrons. The summed E-state index contributed by atoms with van der Waals surface area (Å²) < 4.78 is 8.31. The summed E-state index contributed by atoms with van der Waals surface area (Å²) in [4.78, 5) is 42.8. The molecule has 0 N–H and O–H groups in total. The Morgan fingerprint density at radius 3 is 1.25 bits per heavy atom. The van der Waals surface area contributed by atoms with Gasteiger partial charge in [0.2, 0.25) is 0 Å². The number of rotatable bonds is 5. The normalized spacial score (nSPS) is 9.38. The highest BCUT2D eigenvalue weighted by atomic mass is 35.5. The average molecular weight is 271 g/mol. The maximum atomic E-state index is 10.9. The molecule has 0 rings (SSSR count). The monoisotopic (exact) mass is 270 g/mol. The zero-order chi connectivity index (χ0) is 12.6. The van der Waals surface area contributed by atoms with Crippen LogP contribution in [0.3, 0.4) is 0 Å². The summed E-state index contributed by atoms with van der Waals surface area (Å²) in [7, 11) is 0. The molecule has 0 unspecified atom stereocenters. The summed E-state index contributed by atoms with van der Waals surface area (Å²) >= 11 is 10.1. The second-order valence-corrected chi connectivity index (χ2v) is 2.99. The van der Waals surface area contributed by atoms with Crippen molar-refractivity contribution in [2.75, 3.05) is 11.8 Å². The number of halogens is 2. The van der Waals surface area contributed by atoms with E-state index in [0.717, 1.165) is 0 Å². The van der Waals surface area contributed by atoms with Crippen molar-refractivity contribution >= 4 is 47.1 Å². The van der Waals surface area contributed by atoms with E-state index in [1.54, 1.807) is 0 Å². The van der Waals surface area contributed by atoms with Gasteiger partial charge in [0, 0.05) is 0 Å². The minimum atomic E-state index is -0.916. The molecular formula is C8H8Cl2O6. The van der Waals surface area contributed by atoms with Crippen LogP contribution in [-0.4, -0.2) is 35.6 Å². The summed E-state index contributed by atoms with van der Waals surface area (Å²) in [6, 6.07) is 0. The topological polar surface area (TPSA) is 86.7 Å². The van der Waals surface area contributed by atoms with Crippen LogP contribution in [0.5, 0.6) is 0 Å². The number of alkyl halides is 2. The molecule has 0 atom stereocenters. The fourth-order valence-corrected chi connectivity index (χ4v) is 0.724. The molecule has 0 heterocycles. The van der Waals surface area contributed by atoms with Crippen molar-refractivity contribution in [3.8, 4) is 0 Å². The van der Waals surface area contributed by atoms with Gasteiger partial charge in [-0.1, -0.05) is 0 Å². The minimum absolute atomic E-state index is 0.378. The van der Waals surface area contributed by atoms with Crippen LogP contribution in [0.2, 0.25) is 0 Å². The van der Waals surface area contributed by atoms with Crippen LogP contribution < -0.4 is 0 Å². The van der Waals surface area contributed by atoms with Gasteiger partial charge in [0.25, 0.3) is 0 Å². The molecule has 0 amide bonds. The summed E-state index contributed by atoms with van der Waals surface area (Å²) in [6.07, 6.45) is -0.756. The third kappa shape index (κ3) is 7.19. The summed E-state index contributed by atoms with van der Waals surface area (Å²) in [5.74, 6) is -4.56. The predicted molar refractivity (Wildman–Crippen MR) is 52.9 cm³/mol. The third-order valence-electron chi connectivity index (χ3n) is 1.21. The van der Waals surface area contributed by atoms with Gasteiger partial charge in [-0.3, -0.25) is 19.2 Å². The van der Waals surface area contributed by atoms with Gasteiger partial charge in [-0.25, -0.2) is 0 Å². The van der Waals surface area contributed by atoms with Crippen LogP contribution in [0, 0.1) is 0 Å². The number of hydrogen-bond acceptors (Lipinski definition) is 6. The Bertz CT molecular complexity index is 271. The van der Waals surface area contributed by atoms with Crippen molar-refractivity contribution in [3.63, 3.8) is 0 Å². The van der Waals surface area contributed by atoms with Gasteiger partial charge in [0.15, 0.2) is 0 Å². The smallest absolute Gasteiger partial charge is 0.328 e. The first-order chi connectivity index (χ1) is 7.49. The number of carbonyl (C=O) groups is 4. The van der Waals surface area contributed by atoms with E-state index in [1.165, 1.54) is 0 Å². The number of ether oxygens (including phenoxy) is 2. The third-order valence-corrected chi connectivity index (χ3v) is 1.64. The van der Waals surface area contributed by atoms with Crippen molar-refractivity contribution in [2.45, 2.75) is 12.8 Å². The molecule has 0 fully saturated rings. The maximum absolute atomic E-state index is 10.9. The number of hydrogen-bond donors (Lipinski definition) is 0. The van der Waals surface area contributed by atoms with Crippen LogP contribution in [0.1, 0.15) is 12.8 Å². The van der Waals surface area contributed by atoms with E-state index in [0.29, 0.717) is 0 Å². The minimum Gasteiger partial charge on any atom is -0.392 e. The fraction of sp³-hybridized carbons (Fsp3) is 0.500. The molecule has 16 heavy (non-hydrogen) atoms.